The van der Waals surface area contributed by atoms with Crippen molar-refractivity contribution < 1.29 is 32.0 Å². The second kappa shape index (κ2) is 9.90. The Bertz CT molecular complexity index is 1010. The van der Waals surface area contributed by atoms with Crippen LogP contribution in [0.5, 0.6) is 0 Å². The molecule has 3 amide bonds. The molecule has 0 bridgehead atoms. The van der Waals surface area contributed by atoms with Crippen LogP contribution in [0, 0.1) is 5.92 Å². The number of piperidine rings is 2. The molecule has 0 unspecified atom stereocenters. The van der Waals surface area contributed by atoms with Crippen LogP contribution in [-0.2, 0) is 11.0 Å². The van der Waals surface area contributed by atoms with Crippen molar-refractivity contribution in [3.63, 3.8) is 0 Å². The fourth-order valence-electron chi connectivity index (χ4n) is 4.44. The molecule has 1 N–H and O–H groups in total. The molecule has 0 saturated carbocycles. The van der Waals surface area contributed by atoms with E-state index < -0.39 is 11.7 Å². The van der Waals surface area contributed by atoms with Crippen molar-refractivity contribution >= 4 is 17.7 Å². The van der Waals surface area contributed by atoms with E-state index in [-0.39, 0.29) is 35.2 Å². The number of nitrogens with zero attached hydrogens (tertiary/aromatic N) is 2. The molecule has 10 heteroatoms. The lowest BCUT2D eigenvalue weighted by Gasteiger charge is -2.35. The number of hydrogen-bond acceptors (Lipinski definition) is 4. The Kier molecular flexibility index (Phi) is 6.95. The topological polar surface area (TPSA) is 82.9 Å². The molecule has 34 heavy (non-hydrogen) atoms. The van der Waals surface area contributed by atoms with Crippen LogP contribution >= 0.6 is 0 Å². The SMILES string of the molecule is O=C(NC1CCN(C(=O)c2ccoc2)CC1)C1CCN(C(=O)c2ccc(C(F)(F)F)cc2)CC1. The zero-order valence-electron chi connectivity index (χ0n) is 18.5. The van der Waals surface area contributed by atoms with E-state index in [1.807, 2.05) is 0 Å². The van der Waals surface area contributed by atoms with Crippen LogP contribution in [0.2, 0.25) is 0 Å². The molecule has 182 valence electrons. The van der Waals surface area contributed by atoms with E-state index in [1.165, 1.54) is 24.7 Å². The molecular weight excluding hydrogens is 451 g/mol. The molecule has 7 nitrogen and oxygen atoms in total. The fraction of sp³-hybridized carbons (Fsp3) is 0.458. The molecule has 0 spiro atoms. The van der Waals surface area contributed by atoms with Crippen LogP contribution in [0.15, 0.2) is 47.3 Å². The van der Waals surface area contributed by atoms with Crippen LogP contribution in [0.25, 0.3) is 0 Å². The average molecular weight is 477 g/mol. The summed E-state index contributed by atoms with van der Waals surface area (Å²) in [6.07, 6.45) is 0.764. The minimum absolute atomic E-state index is 0.00675. The standard InChI is InChI=1S/C24H26F3N3O4/c25-24(26,27)19-3-1-17(2-4-19)22(32)29-10-5-16(6-11-29)21(31)28-20-7-12-30(13-8-20)23(33)18-9-14-34-15-18/h1-4,9,14-16,20H,5-8,10-13H2,(H,28,31). The predicted molar refractivity (Wildman–Crippen MR) is 116 cm³/mol. The van der Waals surface area contributed by atoms with Crippen molar-refractivity contribution in [3.8, 4) is 0 Å². The number of hydrogen-bond donors (Lipinski definition) is 1. The lowest BCUT2D eigenvalue weighted by Crippen LogP contribution is -2.49. The van der Waals surface area contributed by atoms with Crippen molar-refractivity contribution in [2.75, 3.05) is 26.2 Å². The number of amides is 3. The summed E-state index contributed by atoms with van der Waals surface area (Å²) in [5, 5.41) is 3.07. The summed E-state index contributed by atoms with van der Waals surface area (Å²) in [5.74, 6) is -0.686. The normalized spacial score (nSPS) is 18.1. The molecule has 2 saturated heterocycles. The Balaban J connectivity index is 1.22. The lowest BCUT2D eigenvalue weighted by atomic mass is 9.94. The summed E-state index contributed by atoms with van der Waals surface area (Å²) in [4.78, 5) is 41.1. The van der Waals surface area contributed by atoms with Gasteiger partial charge in [-0.25, -0.2) is 0 Å². The van der Waals surface area contributed by atoms with Crippen LogP contribution in [0.1, 0.15) is 52.0 Å². The van der Waals surface area contributed by atoms with Crippen LogP contribution < -0.4 is 5.32 Å². The summed E-state index contributed by atoms with van der Waals surface area (Å²) in [6, 6.07) is 5.81. The first kappa shape index (κ1) is 23.8. The van der Waals surface area contributed by atoms with Crippen LogP contribution in [-0.4, -0.2) is 59.7 Å². The molecular formula is C24H26F3N3O4. The largest absolute Gasteiger partial charge is 0.472 e. The summed E-state index contributed by atoms with van der Waals surface area (Å²) in [6.45, 7) is 1.84. The van der Waals surface area contributed by atoms with E-state index in [0.29, 0.717) is 57.4 Å². The fourth-order valence-corrected chi connectivity index (χ4v) is 4.44. The van der Waals surface area contributed by atoms with Crippen LogP contribution in [0.4, 0.5) is 13.2 Å². The van der Waals surface area contributed by atoms with Gasteiger partial charge in [-0.2, -0.15) is 13.2 Å². The highest BCUT2D eigenvalue weighted by molar-refractivity contribution is 5.94. The van der Waals surface area contributed by atoms with Gasteiger partial charge in [-0.3, -0.25) is 14.4 Å². The number of halogens is 3. The zero-order chi connectivity index (χ0) is 24.3. The van der Waals surface area contributed by atoms with Gasteiger partial charge in [0, 0.05) is 43.7 Å². The van der Waals surface area contributed by atoms with Crippen molar-refractivity contribution in [3.05, 3.63) is 59.5 Å². The highest BCUT2D eigenvalue weighted by Crippen LogP contribution is 2.29. The highest BCUT2D eigenvalue weighted by atomic mass is 19.4. The minimum atomic E-state index is -4.45. The number of carbonyl (C=O) groups is 3. The summed E-state index contributed by atoms with van der Waals surface area (Å²) in [5.41, 5.74) is -0.0798. The van der Waals surface area contributed by atoms with E-state index in [1.54, 1.807) is 15.9 Å². The van der Waals surface area contributed by atoms with Gasteiger partial charge in [0.15, 0.2) is 0 Å². The third-order valence-electron chi connectivity index (χ3n) is 6.51. The van der Waals surface area contributed by atoms with Gasteiger partial charge in [0.1, 0.15) is 6.26 Å². The molecule has 0 radical (unpaired) electrons. The van der Waals surface area contributed by atoms with Crippen molar-refractivity contribution in [1.82, 2.24) is 15.1 Å². The van der Waals surface area contributed by atoms with Gasteiger partial charge in [-0.05, 0) is 56.0 Å². The summed E-state index contributed by atoms with van der Waals surface area (Å²) < 4.78 is 43.1. The summed E-state index contributed by atoms with van der Waals surface area (Å²) >= 11 is 0. The number of carbonyl (C=O) groups excluding carboxylic acids is 3. The second-order valence-electron chi connectivity index (χ2n) is 8.73. The summed E-state index contributed by atoms with van der Waals surface area (Å²) in [7, 11) is 0. The van der Waals surface area contributed by atoms with Gasteiger partial charge in [0.2, 0.25) is 5.91 Å². The molecule has 2 aliphatic heterocycles. The molecule has 4 rings (SSSR count). The minimum Gasteiger partial charge on any atom is -0.472 e. The second-order valence-corrected chi connectivity index (χ2v) is 8.73. The Morgan fingerprint density at radius 1 is 0.824 bits per heavy atom. The predicted octanol–water partition coefficient (Wildman–Crippen LogP) is 3.57. The first-order valence-corrected chi connectivity index (χ1v) is 11.3. The maximum atomic E-state index is 12.7. The van der Waals surface area contributed by atoms with Crippen molar-refractivity contribution in [2.45, 2.75) is 37.9 Å². The maximum absolute atomic E-state index is 12.7. The Labute approximate surface area is 194 Å². The number of likely N-dealkylation sites (tertiary alicyclic amines) is 2. The quantitative estimate of drug-likeness (QED) is 0.730. The van der Waals surface area contributed by atoms with E-state index in [9.17, 15) is 27.6 Å². The van der Waals surface area contributed by atoms with Gasteiger partial charge in [-0.15, -0.1) is 0 Å². The molecule has 1 aromatic heterocycles. The first-order chi connectivity index (χ1) is 16.2. The monoisotopic (exact) mass is 477 g/mol. The van der Waals surface area contributed by atoms with Gasteiger partial charge in [0.25, 0.3) is 11.8 Å². The van der Waals surface area contributed by atoms with Crippen molar-refractivity contribution in [1.29, 1.82) is 0 Å². The molecule has 2 fully saturated rings. The number of nitrogens with one attached hydrogen (secondary N) is 1. The number of rotatable bonds is 4. The third kappa shape index (κ3) is 5.43. The van der Waals surface area contributed by atoms with E-state index >= 15 is 0 Å². The first-order valence-electron chi connectivity index (χ1n) is 11.3. The average Bonchev–Trinajstić information content (AvgIpc) is 3.38. The van der Waals surface area contributed by atoms with E-state index in [0.717, 1.165) is 12.1 Å². The zero-order valence-corrected chi connectivity index (χ0v) is 18.5. The number of benzene rings is 1. The van der Waals surface area contributed by atoms with Crippen molar-refractivity contribution in [2.24, 2.45) is 5.92 Å². The molecule has 3 heterocycles. The van der Waals surface area contributed by atoms with Gasteiger partial charge in [0.05, 0.1) is 17.4 Å². The lowest BCUT2D eigenvalue weighted by molar-refractivity contribution is -0.137. The van der Waals surface area contributed by atoms with E-state index in [2.05, 4.69) is 5.32 Å². The molecule has 2 aliphatic rings. The third-order valence-corrected chi connectivity index (χ3v) is 6.51. The molecule has 0 atom stereocenters. The maximum Gasteiger partial charge on any atom is 0.416 e. The van der Waals surface area contributed by atoms with Gasteiger partial charge in [-0.1, -0.05) is 0 Å². The molecule has 2 aromatic rings. The van der Waals surface area contributed by atoms with Crippen LogP contribution in [0.3, 0.4) is 0 Å². The van der Waals surface area contributed by atoms with Gasteiger partial charge < -0.3 is 19.5 Å². The Morgan fingerprint density at radius 2 is 1.38 bits per heavy atom. The number of alkyl halides is 3. The van der Waals surface area contributed by atoms with Gasteiger partial charge >= 0.3 is 6.18 Å². The highest BCUT2D eigenvalue weighted by Gasteiger charge is 2.32. The Morgan fingerprint density at radius 3 is 1.91 bits per heavy atom. The Hall–Kier alpha value is -3.30. The molecule has 1 aromatic carbocycles. The number of furan rings is 1. The van der Waals surface area contributed by atoms with E-state index in [4.69, 9.17) is 4.42 Å². The molecule has 0 aliphatic carbocycles. The smallest absolute Gasteiger partial charge is 0.416 e.